The zero-order valence-electron chi connectivity index (χ0n) is 17.3. The van der Waals surface area contributed by atoms with Crippen molar-refractivity contribution in [2.75, 3.05) is 12.1 Å². The maximum Gasteiger partial charge on any atom is 0.262 e. The SMILES string of the molecule is C[C@H]1CCCC[C@H]1N1C(=O)/C(=C/c2cc3c(cc2Cl)OCO3)SC1Nc1ccccc1. The zero-order valence-corrected chi connectivity index (χ0v) is 18.9. The molecule has 1 unspecified atom stereocenters. The van der Waals surface area contributed by atoms with Crippen molar-refractivity contribution in [1.29, 1.82) is 0 Å². The Labute approximate surface area is 191 Å². The van der Waals surface area contributed by atoms with E-state index in [2.05, 4.69) is 12.2 Å². The minimum absolute atomic E-state index is 0.0610. The van der Waals surface area contributed by atoms with Crippen LogP contribution in [0.4, 0.5) is 5.69 Å². The molecular weight excluding hydrogens is 432 g/mol. The van der Waals surface area contributed by atoms with Crippen LogP contribution >= 0.6 is 23.4 Å². The molecule has 1 amide bonds. The van der Waals surface area contributed by atoms with Crippen molar-refractivity contribution in [2.24, 2.45) is 5.92 Å². The molecule has 3 atom stereocenters. The van der Waals surface area contributed by atoms with Crippen molar-refractivity contribution in [2.45, 2.75) is 44.1 Å². The van der Waals surface area contributed by atoms with Crippen LogP contribution in [0.1, 0.15) is 38.2 Å². The van der Waals surface area contributed by atoms with Gasteiger partial charge in [-0.1, -0.05) is 61.3 Å². The Morgan fingerprint density at radius 1 is 1.13 bits per heavy atom. The van der Waals surface area contributed by atoms with Gasteiger partial charge in [0.1, 0.15) is 0 Å². The summed E-state index contributed by atoms with van der Waals surface area (Å²) in [5.41, 5.74) is 1.61. The van der Waals surface area contributed by atoms with E-state index in [1.807, 2.05) is 47.4 Å². The van der Waals surface area contributed by atoms with Gasteiger partial charge in [0.2, 0.25) is 6.79 Å². The van der Waals surface area contributed by atoms with Crippen LogP contribution in [0.3, 0.4) is 0 Å². The lowest BCUT2D eigenvalue weighted by Gasteiger charge is -2.39. The minimum atomic E-state index is -0.153. The van der Waals surface area contributed by atoms with Gasteiger partial charge in [0.25, 0.3) is 5.91 Å². The number of amides is 1. The number of carbonyl (C=O) groups is 1. The molecule has 1 saturated heterocycles. The topological polar surface area (TPSA) is 50.8 Å². The molecule has 1 aliphatic carbocycles. The summed E-state index contributed by atoms with van der Waals surface area (Å²) >= 11 is 8.03. The first kappa shape index (κ1) is 20.6. The Balaban J connectivity index is 1.48. The highest BCUT2D eigenvalue weighted by atomic mass is 35.5. The van der Waals surface area contributed by atoms with E-state index in [4.69, 9.17) is 21.1 Å². The van der Waals surface area contributed by atoms with Gasteiger partial charge in [-0.15, -0.1) is 0 Å². The van der Waals surface area contributed by atoms with Crippen LogP contribution in [-0.2, 0) is 4.79 Å². The van der Waals surface area contributed by atoms with E-state index in [-0.39, 0.29) is 24.2 Å². The quantitative estimate of drug-likeness (QED) is 0.575. The van der Waals surface area contributed by atoms with E-state index >= 15 is 0 Å². The molecule has 5 nitrogen and oxygen atoms in total. The third-order valence-electron chi connectivity index (χ3n) is 6.20. The summed E-state index contributed by atoms with van der Waals surface area (Å²) in [7, 11) is 0. The van der Waals surface area contributed by atoms with Crippen molar-refractivity contribution in [1.82, 2.24) is 4.90 Å². The monoisotopic (exact) mass is 456 g/mol. The molecule has 1 saturated carbocycles. The van der Waals surface area contributed by atoms with E-state index in [1.165, 1.54) is 6.42 Å². The molecule has 2 aliphatic heterocycles. The molecular formula is C24H25ClN2O3S. The third kappa shape index (κ3) is 4.11. The van der Waals surface area contributed by atoms with Crippen molar-refractivity contribution in [3.05, 3.63) is 58.0 Å². The molecule has 0 spiro atoms. The molecule has 0 aromatic heterocycles. The molecule has 2 fully saturated rings. The predicted molar refractivity (Wildman–Crippen MR) is 125 cm³/mol. The van der Waals surface area contributed by atoms with Crippen LogP contribution in [0.15, 0.2) is 47.4 Å². The summed E-state index contributed by atoms with van der Waals surface area (Å²) < 4.78 is 10.9. The lowest BCUT2D eigenvalue weighted by atomic mass is 9.85. The number of thioether (sulfide) groups is 1. The highest BCUT2D eigenvalue weighted by Gasteiger charge is 2.43. The summed E-state index contributed by atoms with van der Waals surface area (Å²) in [5, 5.41) is 4.10. The number of hydrogen-bond donors (Lipinski definition) is 1. The molecule has 2 aromatic rings. The first-order valence-corrected chi connectivity index (χ1v) is 12.0. The smallest absolute Gasteiger partial charge is 0.262 e. The maximum atomic E-state index is 13.6. The van der Waals surface area contributed by atoms with Crippen molar-refractivity contribution in [3.63, 3.8) is 0 Å². The lowest BCUT2D eigenvalue weighted by molar-refractivity contribution is -0.129. The van der Waals surface area contributed by atoms with Crippen LogP contribution in [0.5, 0.6) is 11.5 Å². The highest BCUT2D eigenvalue weighted by Crippen LogP contribution is 2.44. The third-order valence-corrected chi connectivity index (χ3v) is 7.64. The number of anilines is 1. The molecule has 1 N–H and O–H groups in total. The molecule has 7 heteroatoms. The second-order valence-electron chi connectivity index (χ2n) is 8.26. The predicted octanol–water partition coefficient (Wildman–Crippen LogP) is 5.96. The van der Waals surface area contributed by atoms with Gasteiger partial charge in [0.15, 0.2) is 17.0 Å². The lowest BCUT2D eigenvalue weighted by Crippen LogP contribution is -2.48. The Bertz CT molecular complexity index is 1010. The molecule has 2 aromatic carbocycles. The summed E-state index contributed by atoms with van der Waals surface area (Å²) in [6, 6.07) is 13.9. The molecule has 5 rings (SSSR count). The number of fused-ring (bicyclic) bond motifs is 1. The van der Waals surface area contributed by atoms with E-state index in [1.54, 1.807) is 17.8 Å². The molecule has 0 bridgehead atoms. The number of para-hydroxylation sites is 1. The van der Waals surface area contributed by atoms with Gasteiger partial charge < -0.3 is 19.7 Å². The fraction of sp³-hybridized carbons (Fsp3) is 0.375. The summed E-state index contributed by atoms with van der Waals surface area (Å²) in [6.07, 6.45) is 6.47. The molecule has 0 radical (unpaired) electrons. The first-order chi connectivity index (χ1) is 15.1. The number of nitrogens with one attached hydrogen (secondary N) is 1. The second kappa shape index (κ2) is 8.67. The standard InChI is InChI=1S/C24H25ClN2O3S/c1-15-7-5-6-10-19(15)27-23(28)22(31-24(27)26-17-8-3-2-4-9-17)12-16-11-20-21(13-18(16)25)30-14-29-20/h2-4,8-9,11-13,15,19,24,26H,5-7,10,14H2,1H3/b22-12-/t15-,19+,24?/m0/s1. The van der Waals surface area contributed by atoms with Crippen LogP contribution < -0.4 is 14.8 Å². The number of hydrogen-bond acceptors (Lipinski definition) is 5. The van der Waals surface area contributed by atoms with Gasteiger partial charge in [-0.25, -0.2) is 0 Å². The van der Waals surface area contributed by atoms with E-state index in [0.29, 0.717) is 27.3 Å². The first-order valence-electron chi connectivity index (χ1n) is 10.7. The Hall–Kier alpha value is -2.31. The molecule has 31 heavy (non-hydrogen) atoms. The number of halogens is 1. The van der Waals surface area contributed by atoms with Gasteiger partial charge >= 0.3 is 0 Å². The van der Waals surface area contributed by atoms with E-state index in [9.17, 15) is 4.79 Å². The average molecular weight is 457 g/mol. The normalized spacial score (nSPS) is 26.5. The van der Waals surface area contributed by atoms with Crippen molar-refractivity contribution >= 4 is 41.0 Å². The molecule has 3 aliphatic rings. The number of rotatable bonds is 4. The highest BCUT2D eigenvalue weighted by molar-refractivity contribution is 8.05. The fourth-order valence-electron chi connectivity index (χ4n) is 4.55. The number of ether oxygens (including phenoxy) is 2. The number of benzene rings is 2. The Morgan fingerprint density at radius 3 is 2.65 bits per heavy atom. The van der Waals surface area contributed by atoms with Crippen molar-refractivity contribution in [3.8, 4) is 11.5 Å². The second-order valence-corrected chi connectivity index (χ2v) is 9.79. The van der Waals surface area contributed by atoms with Crippen LogP contribution in [0.2, 0.25) is 5.02 Å². The van der Waals surface area contributed by atoms with E-state index < -0.39 is 0 Å². The average Bonchev–Trinajstić information content (AvgIpc) is 3.34. The summed E-state index contributed by atoms with van der Waals surface area (Å²) in [5.74, 6) is 1.83. The van der Waals surface area contributed by atoms with E-state index in [0.717, 1.165) is 30.5 Å². The van der Waals surface area contributed by atoms with Gasteiger partial charge in [-0.2, -0.15) is 0 Å². The molecule has 162 valence electrons. The summed E-state index contributed by atoms with van der Waals surface area (Å²) in [4.78, 5) is 16.3. The van der Waals surface area contributed by atoms with Gasteiger partial charge in [-0.05, 0) is 48.6 Å². The fourth-order valence-corrected chi connectivity index (χ4v) is 5.96. The minimum Gasteiger partial charge on any atom is -0.454 e. The van der Waals surface area contributed by atoms with Gasteiger partial charge in [0, 0.05) is 17.8 Å². The van der Waals surface area contributed by atoms with Gasteiger partial charge in [-0.3, -0.25) is 4.79 Å². The number of carbonyl (C=O) groups excluding carboxylic acids is 1. The van der Waals surface area contributed by atoms with Crippen LogP contribution in [-0.4, -0.2) is 29.1 Å². The Morgan fingerprint density at radius 2 is 1.87 bits per heavy atom. The maximum absolute atomic E-state index is 13.6. The number of nitrogens with zero attached hydrogens (tertiary/aromatic N) is 1. The van der Waals surface area contributed by atoms with Crippen LogP contribution in [0, 0.1) is 5.92 Å². The van der Waals surface area contributed by atoms with Crippen molar-refractivity contribution < 1.29 is 14.3 Å². The van der Waals surface area contributed by atoms with Crippen LogP contribution in [0.25, 0.3) is 6.08 Å². The molecule has 2 heterocycles. The summed E-state index contributed by atoms with van der Waals surface area (Å²) in [6.45, 7) is 2.45. The zero-order chi connectivity index (χ0) is 21.4. The van der Waals surface area contributed by atoms with Gasteiger partial charge in [0.05, 0.1) is 9.93 Å². The largest absolute Gasteiger partial charge is 0.454 e. The Kier molecular flexibility index (Phi) is 5.76.